The van der Waals surface area contributed by atoms with Crippen LogP contribution in [0.4, 0.5) is 0 Å². The van der Waals surface area contributed by atoms with E-state index in [0.29, 0.717) is 0 Å². The average Bonchev–Trinajstić information content (AvgIpc) is 2.05. The van der Waals surface area contributed by atoms with Gasteiger partial charge in [-0.05, 0) is 25.6 Å². The summed E-state index contributed by atoms with van der Waals surface area (Å²) in [5.41, 5.74) is 0. The average molecular weight is 193 g/mol. The van der Waals surface area contributed by atoms with Crippen molar-refractivity contribution in [3.8, 4) is 0 Å². The quantitative estimate of drug-likeness (QED) is 0.460. The van der Waals surface area contributed by atoms with E-state index in [1.807, 2.05) is 0 Å². The Morgan fingerprint density at radius 2 is 1.91 bits per heavy atom. The van der Waals surface area contributed by atoms with Gasteiger partial charge in [0, 0.05) is 14.2 Å². The highest BCUT2D eigenvalue weighted by Crippen LogP contribution is 2.12. The highest BCUT2D eigenvalue weighted by atomic mass is 28.4. The normalized spacial score (nSPS) is 12.3. The van der Waals surface area contributed by atoms with E-state index in [2.05, 4.69) is 11.5 Å². The summed E-state index contributed by atoms with van der Waals surface area (Å²) in [7, 11) is 2.80. The summed E-state index contributed by atoms with van der Waals surface area (Å²) in [6.07, 6.45) is 1.16. The summed E-state index contributed by atoms with van der Waals surface area (Å²) in [6.45, 7) is 3.20. The number of hydrogen-bond donors (Lipinski definition) is 1. The van der Waals surface area contributed by atoms with Crippen LogP contribution in [-0.2, 0) is 8.85 Å². The van der Waals surface area contributed by atoms with Crippen LogP contribution in [0.25, 0.3) is 0 Å². The third-order valence-electron chi connectivity index (χ3n) is 1.92. The Morgan fingerprint density at radius 3 is 2.27 bits per heavy atom. The first-order chi connectivity index (χ1) is 5.18. The Labute approximate surface area is 73.2 Å². The van der Waals surface area contributed by atoms with Gasteiger partial charge in [0.15, 0.2) is 0 Å². The third kappa shape index (κ3) is 4.70. The molecule has 5 heteroatoms. The van der Waals surface area contributed by atoms with Crippen LogP contribution in [0, 0.1) is 0 Å². The minimum Gasteiger partial charge on any atom is -0.398 e. The SMILES string of the molecule is CO[Si](C)(CCCN[SiH3])OC. The van der Waals surface area contributed by atoms with Crippen LogP contribution < -0.4 is 4.98 Å². The van der Waals surface area contributed by atoms with E-state index < -0.39 is 8.56 Å². The van der Waals surface area contributed by atoms with Crippen molar-refractivity contribution in [2.24, 2.45) is 0 Å². The molecule has 0 fully saturated rings. The Hall–Kier alpha value is 0.314. The molecule has 0 aromatic rings. The smallest absolute Gasteiger partial charge is 0.334 e. The molecule has 68 valence electrons. The molecule has 0 saturated carbocycles. The molecule has 3 nitrogen and oxygen atoms in total. The van der Waals surface area contributed by atoms with Gasteiger partial charge in [-0.1, -0.05) is 0 Å². The molecule has 0 aliphatic rings. The van der Waals surface area contributed by atoms with Gasteiger partial charge in [-0.25, -0.2) is 0 Å². The molecule has 0 unspecified atom stereocenters. The van der Waals surface area contributed by atoms with Crippen LogP contribution in [0.15, 0.2) is 0 Å². The van der Waals surface area contributed by atoms with Crippen LogP contribution in [-0.4, -0.2) is 39.7 Å². The van der Waals surface area contributed by atoms with Gasteiger partial charge in [0.05, 0.1) is 10.4 Å². The van der Waals surface area contributed by atoms with Crippen LogP contribution >= 0.6 is 0 Å². The first-order valence-corrected chi connectivity index (χ1v) is 7.46. The van der Waals surface area contributed by atoms with Gasteiger partial charge >= 0.3 is 8.56 Å². The molecule has 0 radical (unpaired) electrons. The monoisotopic (exact) mass is 193 g/mol. The van der Waals surface area contributed by atoms with E-state index in [1.165, 1.54) is 0 Å². The molecule has 0 aliphatic heterocycles. The molecule has 0 spiro atoms. The Balaban J connectivity index is 3.51. The first-order valence-electron chi connectivity index (χ1n) is 3.93. The molecule has 0 aromatic heterocycles. The van der Waals surface area contributed by atoms with E-state index in [0.717, 1.165) is 29.4 Å². The van der Waals surface area contributed by atoms with E-state index in [1.54, 1.807) is 14.2 Å². The fourth-order valence-corrected chi connectivity index (χ4v) is 2.62. The molecule has 0 aliphatic carbocycles. The van der Waals surface area contributed by atoms with Crippen molar-refractivity contribution in [2.45, 2.75) is 19.0 Å². The second-order valence-corrected chi connectivity index (χ2v) is 7.04. The van der Waals surface area contributed by atoms with Gasteiger partial charge in [0.1, 0.15) is 0 Å². The van der Waals surface area contributed by atoms with Gasteiger partial charge in [-0.3, -0.25) is 0 Å². The lowest BCUT2D eigenvalue weighted by atomic mass is 10.5. The maximum atomic E-state index is 5.33. The molecule has 0 aromatic carbocycles. The predicted molar refractivity (Wildman–Crippen MR) is 53.0 cm³/mol. The molecule has 0 amide bonds. The zero-order chi connectivity index (χ0) is 8.74. The first kappa shape index (κ1) is 11.3. The summed E-state index contributed by atoms with van der Waals surface area (Å²) in [4.78, 5) is 3.24. The van der Waals surface area contributed by atoms with Crippen LogP contribution in [0.1, 0.15) is 6.42 Å². The molecule has 0 heterocycles. The molecular weight excluding hydrogens is 174 g/mol. The molecule has 11 heavy (non-hydrogen) atoms. The van der Waals surface area contributed by atoms with Crippen molar-refractivity contribution in [2.75, 3.05) is 20.8 Å². The summed E-state index contributed by atoms with van der Waals surface area (Å²) >= 11 is 0. The summed E-state index contributed by atoms with van der Waals surface area (Å²) < 4.78 is 10.7. The number of hydrogen-bond acceptors (Lipinski definition) is 3. The van der Waals surface area contributed by atoms with Crippen LogP contribution in [0.2, 0.25) is 12.6 Å². The third-order valence-corrected chi connectivity index (χ3v) is 5.41. The largest absolute Gasteiger partial charge is 0.398 e. The summed E-state index contributed by atoms with van der Waals surface area (Å²) in [5.74, 6) is 0. The zero-order valence-corrected chi connectivity index (χ0v) is 10.9. The van der Waals surface area contributed by atoms with E-state index in [4.69, 9.17) is 8.85 Å². The second-order valence-electron chi connectivity index (χ2n) is 2.75. The Kier molecular flexibility index (Phi) is 6.07. The fourth-order valence-electron chi connectivity index (χ4n) is 0.874. The number of nitrogens with one attached hydrogen (secondary N) is 1. The van der Waals surface area contributed by atoms with E-state index >= 15 is 0 Å². The van der Waals surface area contributed by atoms with Gasteiger partial charge in [-0.15, -0.1) is 0 Å². The number of rotatable bonds is 6. The molecule has 0 atom stereocenters. The highest BCUT2D eigenvalue weighted by Gasteiger charge is 2.27. The lowest BCUT2D eigenvalue weighted by Gasteiger charge is -2.22. The van der Waals surface area contributed by atoms with Crippen molar-refractivity contribution >= 4 is 19.0 Å². The second kappa shape index (κ2) is 5.90. The molecule has 0 bridgehead atoms. The predicted octanol–water partition coefficient (Wildman–Crippen LogP) is -0.389. The van der Waals surface area contributed by atoms with E-state index in [9.17, 15) is 0 Å². The van der Waals surface area contributed by atoms with Crippen molar-refractivity contribution in [3.05, 3.63) is 0 Å². The van der Waals surface area contributed by atoms with Crippen LogP contribution in [0.3, 0.4) is 0 Å². The molecule has 0 saturated heterocycles. The molecule has 1 N–H and O–H groups in total. The van der Waals surface area contributed by atoms with E-state index in [-0.39, 0.29) is 0 Å². The van der Waals surface area contributed by atoms with Crippen molar-refractivity contribution < 1.29 is 8.85 Å². The standard InChI is InChI=1S/C6H19NO2Si2/c1-8-11(3,9-2)6-4-5-7-10/h7H,4-6H2,1-3,10H3. The molecule has 0 rings (SSSR count). The van der Waals surface area contributed by atoms with Crippen LogP contribution in [0.5, 0.6) is 0 Å². The molecular formula is C6H19NO2Si2. The lowest BCUT2D eigenvalue weighted by molar-refractivity contribution is 0.248. The lowest BCUT2D eigenvalue weighted by Crippen LogP contribution is -2.36. The van der Waals surface area contributed by atoms with Gasteiger partial charge in [-0.2, -0.15) is 0 Å². The van der Waals surface area contributed by atoms with Crippen molar-refractivity contribution in [1.29, 1.82) is 0 Å². The zero-order valence-electron chi connectivity index (χ0n) is 7.94. The Morgan fingerprint density at radius 1 is 1.36 bits per heavy atom. The van der Waals surface area contributed by atoms with Gasteiger partial charge < -0.3 is 13.8 Å². The summed E-state index contributed by atoms with van der Waals surface area (Å²) in [6, 6.07) is 1.08. The highest BCUT2D eigenvalue weighted by molar-refractivity contribution is 6.65. The fraction of sp³-hybridized carbons (Fsp3) is 1.00. The Bertz CT molecular complexity index is 98.6. The summed E-state index contributed by atoms with van der Waals surface area (Å²) in [5, 5.41) is 0. The maximum absolute atomic E-state index is 5.33. The topological polar surface area (TPSA) is 30.5 Å². The van der Waals surface area contributed by atoms with Crippen molar-refractivity contribution in [1.82, 2.24) is 4.98 Å². The minimum absolute atomic E-state index is 1.08. The van der Waals surface area contributed by atoms with Gasteiger partial charge in [0.25, 0.3) is 0 Å². The minimum atomic E-state index is -1.76. The maximum Gasteiger partial charge on any atom is 0.334 e. The van der Waals surface area contributed by atoms with Crippen molar-refractivity contribution in [3.63, 3.8) is 0 Å². The van der Waals surface area contributed by atoms with Gasteiger partial charge in [0.2, 0.25) is 0 Å².